The molecule has 1 fully saturated rings. The standard InChI is InChI=1S/C23H30FN3/c1-2-26-13-15-27(16-14-26)23-17-21(18-9-11-19(24)12-10-18)20-7-5-3-4-6-8-22(20)25-23/h9-12,17H,2-8,13-16H2,1H3/i1D3,2D2. The van der Waals surface area contributed by atoms with Crippen molar-refractivity contribution in [1.29, 1.82) is 0 Å². The first-order chi connectivity index (χ1) is 15.2. The van der Waals surface area contributed by atoms with Gasteiger partial charge in [0.15, 0.2) is 0 Å². The fourth-order valence-electron chi connectivity index (χ4n) is 4.14. The van der Waals surface area contributed by atoms with Crippen LogP contribution in [-0.2, 0) is 12.8 Å². The van der Waals surface area contributed by atoms with Crippen molar-refractivity contribution in [3.63, 3.8) is 0 Å². The molecule has 2 aliphatic rings. The van der Waals surface area contributed by atoms with Crippen LogP contribution in [0.25, 0.3) is 11.1 Å². The van der Waals surface area contributed by atoms with Crippen molar-refractivity contribution in [3.8, 4) is 11.1 Å². The molecule has 0 saturated carbocycles. The number of hydrogen-bond acceptors (Lipinski definition) is 3. The fourth-order valence-corrected chi connectivity index (χ4v) is 4.14. The van der Waals surface area contributed by atoms with E-state index >= 15 is 0 Å². The molecule has 0 amide bonds. The molecule has 1 aromatic heterocycles. The molecule has 1 aromatic carbocycles. The largest absolute Gasteiger partial charge is 0.354 e. The summed E-state index contributed by atoms with van der Waals surface area (Å²) in [5, 5.41) is 0. The monoisotopic (exact) mass is 372 g/mol. The van der Waals surface area contributed by atoms with Crippen LogP contribution in [0, 0.1) is 5.82 Å². The van der Waals surface area contributed by atoms with Gasteiger partial charge in [0, 0.05) is 38.7 Å². The third kappa shape index (κ3) is 4.16. The molecule has 2 heterocycles. The molecule has 0 unspecified atom stereocenters. The molecule has 0 N–H and O–H groups in total. The van der Waals surface area contributed by atoms with Crippen molar-refractivity contribution in [2.75, 3.05) is 37.6 Å². The molecule has 1 aliphatic carbocycles. The van der Waals surface area contributed by atoms with Gasteiger partial charge in [-0.05, 0) is 67.1 Å². The highest BCUT2D eigenvalue weighted by Crippen LogP contribution is 2.33. The van der Waals surface area contributed by atoms with E-state index in [9.17, 15) is 4.39 Å². The fraction of sp³-hybridized carbons (Fsp3) is 0.522. The number of hydrogen-bond donors (Lipinski definition) is 0. The lowest BCUT2D eigenvalue weighted by Gasteiger charge is -2.35. The molecule has 3 nitrogen and oxygen atoms in total. The van der Waals surface area contributed by atoms with Crippen molar-refractivity contribution in [3.05, 3.63) is 47.4 Å². The minimum absolute atomic E-state index is 0.259. The number of benzene rings is 1. The summed E-state index contributed by atoms with van der Waals surface area (Å²) < 4.78 is 52.2. The van der Waals surface area contributed by atoms with Gasteiger partial charge in [-0.25, -0.2) is 9.37 Å². The summed E-state index contributed by atoms with van der Waals surface area (Å²) in [6.45, 7) is -3.40. The Morgan fingerprint density at radius 3 is 2.52 bits per heavy atom. The van der Waals surface area contributed by atoms with Gasteiger partial charge in [0.1, 0.15) is 11.6 Å². The number of aryl methyl sites for hydroxylation is 1. The normalized spacial score (nSPS) is 22.4. The first kappa shape index (κ1) is 13.3. The maximum Gasteiger partial charge on any atom is 0.129 e. The van der Waals surface area contributed by atoms with Crippen LogP contribution in [-0.4, -0.2) is 42.6 Å². The second-order valence-corrected chi connectivity index (χ2v) is 7.46. The van der Waals surface area contributed by atoms with Crippen LogP contribution in [0.2, 0.25) is 0 Å². The van der Waals surface area contributed by atoms with Gasteiger partial charge in [-0.2, -0.15) is 0 Å². The Labute approximate surface area is 169 Å². The SMILES string of the molecule is [2H]C([2H])([2H])C([2H])([2H])N1CCN(c2cc(-c3ccc(F)cc3)c3c(n2)CCCCCC3)CC1. The van der Waals surface area contributed by atoms with E-state index in [1.807, 2.05) is 12.1 Å². The van der Waals surface area contributed by atoms with Gasteiger partial charge < -0.3 is 9.80 Å². The smallest absolute Gasteiger partial charge is 0.129 e. The van der Waals surface area contributed by atoms with Crippen LogP contribution in [0.15, 0.2) is 30.3 Å². The summed E-state index contributed by atoms with van der Waals surface area (Å²) in [5.74, 6) is 0.573. The second kappa shape index (κ2) is 8.39. The van der Waals surface area contributed by atoms with Gasteiger partial charge in [-0.3, -0.25) is 0 Å². The van der Waals surface area contributed by atoms with E-state index in [1.165, 1.54) is 35.4 Å². The van der Waals surface area contributed by atoms with E-state index in [0.29, 0.717) is 26.2 Å². The number of anilines is 1. The van der Waals surface area contributed by atoms with Gasteiger partial charge in [-0.15, -0.1) is 0 Å². The van der Waals surface area contributed by atoms with E-state index in [1.54, 1.807) is 0 Å². The van der Waals surface area contributed by atoms with E-state index < -0.39 is 13.3 Å². The molecule has 0 spiro atoms. The molecule has 2 aromatic rings. The number of nitrogens with zero attached hydrogens (tertiary/aromatic N) is 3. The van der Waals surface area contributed by atoms with Crippen molar-refractivity contribution < 1.29 is 11.2 Å². The van der Waals surface area contributed by atoms with Gasteiger partial charge in [0.25, 0.3) is 0 Å². The molecular formula is C23H30FN3. The number of piperazine rings is 1. The average molecular weight is 373 g/mol. The number of pyridine rings is 1. The highest BCUT2D eigenvalue weighted by atomic mass is 19.1. The minimum atomic E-state index is -2.69. The van der Waals surface area contributed by atoms with Crippen LogP contribution in [0.4, 0.5) is 10.2 Å². The quantitative estimate of drug-likeness (QED) is 0.779. The Morgan fingerprint density at radius 1 is 1.04 bits per heavy atom. The van der Waals surface area contributed by atoms with Gasteiger partial charge in [0.05, 0.1) is 0 Å². The predicted molar refractivity (Wildman–Crippen MR) is 110 cm³/mol. The second-order valence-electron chi connectivity index (χ2n) is 7.46. The molecule has 0 bridgehead atoms. The Balaban J connectivity index is 1.64. The number of likely N-dealkylation sites (N-methyl/N-ethyl adjacent to an activating group) is 1. The molecule has 4 rings (SSSR count). The van der Waals surface area contributed by atoms with Crippen LogP contribution in [0.1, 0.15) is 50.6 Å². The molecule has 1 aliphatic heterocycles. The number of aromatic nitrogens is 1. The Kier molecular flexibility index (Phi) is 4.12. The number of fused-ring (bicyclic) bond motifs is 1. The van der Waals surface area contributed by atoms with Gasteiger partial charge >= 0.3 is 0 Å². The summed E-state index contributed by atoms with van der Waals surface area (Å²) in [6.07, 6.45) is 6.49. The molecule has 0 atom stereocenters. The lowest BCUT2D eigenvalue weighted by atomic mass is 9.90. The first-order valence-electron chi connectivity index (χ1n) is 12.5. The van der Waals surface area contributed by atoms with Crippen LogP contribution >= 0.6 is 0 Å². The van der Waals surface area contributed by atoms with E-state index in [0.717, 1.165) is 48.3 Å². The van der Waals surface area contributed by atoms with Crippen LogP contribution < -0.4 is 4.90 Å². The molecule has 4 heteroatoms. The highest BCUT2D eigenvalue weighted by Gasteiger charge is 2.21. The minimum Gasteiger partial charge on any atom is -0.354 e. The third-order valence-electron chi connectivity index (χ3n) is 5.70. The first-order valence-corrected chi connectivity index (χ1v) is 9.95. The van der Waals surface area contributed by atoms with Gasteiger partial charge in [0.2, 0.25) is 0 Å². The van der Waals surface area contributed by atoms with Crippen LogP contribution in [0.5, 0.6) is 0 Å². The molecule has 27 heavy (non-hydrogen) atoms. The highest BCUT2D eigenvalue weighted by molar-refractivity contribution is 5.72. The maximum atomic E-state index is 13.6. The third-order valence-corrected chi connectivity index (χ3v) is 5.70. The zero-order chi connectivity index (χ0) is 22.9. The lowest BCUT2D eigenvalue weighted by molar-refractivity contribution is 0.270. The molecule has 0 radical (unpaired) electrons. The number of halogens is 1. The van der Waals surface area contributed by atoms with Crippen molar-refractivity contribution in [1.82, 2.24) is 9.88 Å². The Bertz CT molecular complexity index is 938. The van der Waals surface area contributed by atoms with Crippen LogP contribution in [0.3, 0.4) is 0 Å². The van der Waals surface area contributed by atoms with Gasteiger partial charge in [-0.1, -0.05) is 31.8 Å². The zero-order valence-corrected chi connectivity index (χ0v) is 15.7. The Morgan fingerprint density at radius 2 is 1.78 bits per heavy atom. The Hall–Kier alpha value is -1.94. The molecule has 1 saturated heterocycles. The predicted octanol–water partition coefficient (Wildman–Crippen LogP) is 4.69. The topological polar surface area (TPSA) is 19.4 Å². The zero-order valence-electron chi connectivity index (χ0n) is 20.7. The molecular weight excluding hydrogens is 337 g/mol. The summed E-state index contributed by atoms with van der Waals surface area (Å²) in [7, 11) is 0. The van der Waals surface area contributed by atoms with E-state index in [4.69, 9.17) is 11.8 Å². The summed E-state index contributed by atoms with van der Waals surface area (Å²) in [5.41, 5.74) is 4.41. The summed E-state index contributed by atoms with van der Waals surface area (Å²) >= 11 is 0. The summed E-state index contributed by atoms with van der Waals surface area (Å²) in [6, 6.07) is 8.68. The van der Waals surface area contributed by atoms with Crippen molar-refractivity contribution >= 4 is 5.82 Å². The average Bonchev–Trinajstić information content (AvgIpc) is 2.73. The maximum absolute atomic E-state index is 13.6. The lowest BCUT2D eigenvalue weighted by Crippen LogP contribution is -2.46. The summed E-state index contributed by atoms with van der Waals surface area (Å²) in [4.78, 5) is 8.52. The van der Waals surface area contributed by atoms with E-state index in [2.05, 4.69) is 11.0 Å². The number of rotatable bonds is 3. The van der Waals surface area contributed by atoms with Crippen molar-refractivity contribution in [2.45, 2.75) is 45.4 Å². The van der Waals surface area contributed by atoms with E-state index in [-0.39, 0.29) is 5.82 Å². The molecule has 144 valence electrons. The van der Waals surface area contributed by atoms with Crippen molar-refractivity contribution in [2.24, 2.45) is 0 Å².